The van der Waals surface area contributed by atoms with Crippen molar-refractivity contribution in [2.24, 2.45) is 23.7 Å². The average molecular weight is 219 g/mol. The Labute approximate surface area is 96.1 Å². The molecule has 2 aliphatic carbocycles. The van der Waals surface area contributed by atoms with Crippen molar-refractivity contribution in [1.29, 1.82) is 0 Å². The summed E-state index contributed by atoms with van der Waals surface area (Å²) in [5.41, 5.74) is 1.17. The summed E-state index contributed by atoms with van der Waals surface area (Å²) in [4.78, 5) is 3.64. The lowest BCUT2D eigenvalue weighted by atomic mass is 9.73. The summed E-state index contributed by atoms with van der Waals surface area (Å²) in [7, 11) is 0. The Morgan fingerprint density at radius 3 is 2.69 bits per heavy atom. The normalized spacial score (nSPS) is 41.6. The topological polar surface area (TPSA) is 12.9 Å². The van der Waals surface area contributed by atoms with Crippen molar-refractivity contribution >= 4 is 0 Å². The van der Waals surface area contributed by atoms with Crippen LogP contribution in [0.5, 0.6) is 0 Å². The van der Waals surface area contributed by atoms with Crippen LogP contribution in [-0.2, 0) is 0 Å². The fourth-order valence-corrected chi connectivity index (χ4v) is 3.97. The third kappa shape index (κ3) is 1.39. The SMILES string of the molecule is CC1C2CC(c3ccnc(F)c3)C(C2)C1C. The number of aromatic nitrogens is 1. The van der Waals surface area contributed by atoms with Gasteiger partial charge in [0, 0.05) is 6.20 Å². The molecule has 2 bridgehead atoms. The van der Waals surface area contributed by atoms with Gasteiger partial charge < -0.3 is 0 Å². The summed E-state index contributed by atoms with van der Waals surface area (Å²) in [6.07, 6.45) is 4.20. The Hall–Kier alpha value is -0.920. The second-order valence-corrected chi connectivity index (χ2v) is 5.63. The van der Waals surface area contributed by atoms with E-state index in [1.54, 1.807) is 12.3 Å². The number of fused-ring (bicyclic) bond motifs is 2. The largest absolute Gasteiger partial charge is 0.228 e. The summed E-state index contributed by atoms with van der Waals surface area (Å²) >= 11 is 0. The standard InChI is InChI=1S/C14H18FN/c1-8-9(2)12-5-11(8)6-13(12)10-3-4-16-14(15)7-10/h3-4,7-9,11-13H,5-6H2,1-2H3. The van der Waals surface area contributed by atoms with Crippen LogP contribution in [0.15, 0.2) is 18.3 Å². The van der Waals surface area contributed by atoms with Crippen molar-refractivity contribution in [3.8, 4) is 0 Å². The van der Waals surface area contributed by atoms with Gasteiger partial charge in [-0.2, -0.15) is 4.39 Å². The first-order chi connectivity index (χ1) is 7.66. The first-order valence-corrected chi connectivity index (χ1v) is 6.28. The van der Waals surface area contributed by atoms with E-state index in [0.717, 1.165) is 23.7 Å². The van der Waals surface area contributed by atoms with E-state index in [9.17, 15) is 4.39 Å². The van der Waals surface area contributed by atoms with Crippen molar-refractivity contribution in [3.05, 3.63) is 29.8 Å². The highest BCUT2D eigenvalue weighted by atomic mass is 19.1. The molecule has 2 fully saturated rings. The van der Waals surface area contributed by atoms with Crippen LogP contribution in [-0.4, -0.2) is 4.98 Å². The molecule has 16 heavy (non-hydrogen) atoms. The maximum absolute atomic E-state index is 13.1. The minimum absolute atomic E-state index is 0.332. The van der Waals surface area contributed by atoms with Crippen LogP contribution in [0.1, 0.15) is 38.2 Å². The van der Waals surface area contributed by atoms with Gasteiger partial charge in [0.2, 0.25) is 5.95 Å². The Balaban J connectivity index is 1.89. The van der Waals surface area contributed by atoms with Crippen molar-refractivity contribution in [3.63, 3.8) is 0 Å². The molecule has 0 radical (unpaired) electrons. The molecule has 86 valence electrons. The van der Waals surface area contributed by atoms with Gasteiger partial charge in [-0.25, -0.2) is 4.98 Å². The smallest absolute Gasteiger partial charge is 0.213 e. The molecule has 3 rings (SSSR count). The fraction of sp³-hybridized carbons (Fsp3) is 0.643. The van der Waals surface area contributed by atoms with Crippen LogP contribution in [0.25, 0.3) is 0 Å². The van der Waals surface area contributed by atoms with Crippen LogP contribution in [0.3, 0.4) is 0 Å². The first kappa shape index (κ1) is 10.2. The van der Waals surface area contributed by atoms with Crippen molar-refractivity contribution in [2.45, 2.75) is 32.6 Å². The molecule has 5 unspecified atom stereocenters. The van der Waals surface area contributed by atoms with Gasteiger partial charge in [-0.1, -0.05) is 13.8 Å². The van der Waals surface area contributed by atoms with Crippen molar-refractivity contribution in [1.82, 2.24) is 4.98 Å². The highest BCUT2D eigenvalue weighted by Crippen LogP contribution is 2.58. The van der Waals surface area contributed by atoms with Gasteiger partial charge in [-0.15, -0.1) is 0 Å². The Morgan fingerprint density at radius 1 is 1.25 bits per heavy atom. The van der Waals surface area contributed by atoms with Gasteiger partial charge in [-0.05, 0) is 60.1 Å². The maximum Gasteiger partial charge on any atom is 0.213 e. The van der Waals surface area contributed by atoms with E-state index < -0.39 is 0 Å². The predicted molar refractivity (Wildman–Crippen MR) is 61.5 cm³/mol. The average Bonchev–Trinajstić information content (AvgIpc) is 2.80. The van der Waals surface area contributed by atoms with Crippen molar-refractivity contribution in [2.75, 3.05) is 0 Å². The summed E-state index contributed by atoms with van der Waals surface area (Å²) in [5, 5.41) is 0. The first-order valence-electron chi connectivity index (χ1n) is 6.28. The van der Waals surface area contributed by atoms with Gasteiger partial charge >= 0.3 is 0 Å². The second kappa shape index (κ2) is 3.54. The molecule has 2 saturated carbocycles. The summed E-state index contributed by atoms with van der Waals surface area (Å²) in [6, 6.07) is 3.62. The Bertz CT molecular complexity index is 401. The molecule has 2 aliphatic rings. The highest BCUT2D eigenvalue weighted by molar-refractivity contribution is 5.22. The molecular formula is C14H18FN. The number of rotatable bonds is 1. The van der Waals surface area contributed by atoms with Gasteiger partial charge in [0.15, 0.2) is 0 Å². The van der Waals surface area contributed by atoms with Crippen LogP contribution >= 0.6 is 0 Å². The van der Waals surface area contributed by atoms with E-state index in [2.05, 4.69) is 18.8 Å². The predicted octanol–water partition coefficient (Wildman–Crippen LogP) is 3.62. The lowest BCUT2D eigenvalue weighted by Crippen LogP contribution is -2.23. The van der Waals surface area contributed by atoms with E-state index in [1.165, 1.54) is 18.4 Å². The van der Waals surface area contributed by atoms with Crippen LogP contribution in [0.2, 0.25) is 0 Å². The zero-order valence-corrected chi connectivity index (χ0v) is 9.86. The summed E-state index contributed by atoms with van der Waals surface area (Å²) in [5.74, 6) is 3.52. The molecule has 1 aromatic rings. The molecule has 2 heteroatoms. The number of hydrogen-bond donors (Lipinski definition) is 0. The lowest BCUT2D eigenvalue weighted by molar-refractivity contribution is 0.232. The molecule has 0 amide bonds. The monoisotopic (exact) mass is 219 g/mol. The number of hydrogen-bond acceptors (Lipinski definition) is 1. The number of nitrogens with zero attached hydrogens (tertiary/aromatic N) is 1. The maximum atomic E-state index is 13.1. The highest BCUT2D eigenvalue weighted by Gasteiger charge is 2.48. The number of pyridine rings is 1. The number of halogens is 1. The van der Waals surface area contributed by atoms with E-state index in [4.69, 9.17) is 0 Å². The van der Waals surface area contributed by atoms with Crippen LogP contribution in [0.4, 0.5) is 4.39 Å². The van der Waals surface area contributed by atoms with E-state index in [1.807, 2.05) is 6.07 Å². The van der Waals surface area contributed by atoms with E-state index in [-0.39, 0.29) is 5.95 Å². The van der Waals surface area contributed by atoms with Gasteiger partial charge in [-0.3, -0.25) is 0 Å². The molecule has 1 heterocycles. The minimum Gasteiger partial charge on any atom is -0.228 e. The molecule has 0 aliphatic heterocycles. The molecular weight excluding hydrogens is 201 g/mol. The van der Waals surface area contributed by atoms with Gasteiger partial charge in [0.25, 0.3) is 0 Å². The molecule has 0 aromatic carbocycles. The van der Waals surface area contributed by atoms with Gasteiger partial charge in [0.1, 0.15) is 0 Å². The third-order valence-corrected chi connectivity index (χ3v) is 5.08. The molecule has 5 atom stereocenters. The zero-order valence-electron chi connectivity index (χ0n) is 9.86. The third-order valence-electron chi connectivity index (χ3n) is 5.08. The molecule has 1 nitrogen and oxygen atoms in total. The minimum atomic E-state index is -0.332. The Kier molecular flexibility index (Phi) is 2.27. The van der Waals surface area contributed by atoms with Gasteiger partial charge in [0.05, 0.1) is 0 Å². The summed E-state index contributed by atoms with van der Waals surface area (Å²) in [6.45, 7) is 4.73. The quantitative estimate of drug-likeness (QED) is 0.657. The van der Waals surface area contributed by atoms with Crippen LogP contribution in [0, 0.1) is 29.6 Å². The fourth-order valence-electron chi connectivity index (χ4n) is 3.97. The molecule has 0 saturated heterocycles. The zero-order chi connectivity index (χ0) is 11.3. The lowest BCUT2D eigenvalue weighted by Gasteiger charge is -2.31. The summed E-state index contributed by atoms with van der Waals surface area (Å²) < 4.78 is 13.1. The second-order valence-electron chi connectivity index (χ2n) is 5.63. The van der Waals surface area contributed by atoms with E-state index >= 15 is 0 Å². The van der Waals surface area contributed by atoms with Crippen molar-refractivity contribution < 1.29 is 4.39 Å². The van der Waals surface area contributed by atoms with E-state index in [0.29, 0.717) is 5.92 Å². The Morgan fingerprint density at radius 2 is 2.06 bits per heavy atom. The molecule has 0 spiro atoms. The molecule has 0 N–H and O–H groups in total. The van der Waals surface area contributed by atoms with Crippen LogP contribution < -0.4 is 0 Å². The molecule has 1 aromatic heterocycles.